The molecule has 0 atom stereocenters. The summed E-state index contributed by atoms with van der Waals surface area (Å²) in [6.07, 6.45) is 0. The van der Waals surface area contributed by atoms with Gasteiger partial charge in [0.15, 0.2) is 5.82 Å². The molecule has 3 heterocycles. The Hall–Kier alpha value is -7.69. The van der Waals surface area contributed by atoms with E-state index < -0.39 is 0 Å². The normalized spacial score (nSPS) is 11.6. The van der Waals surface area contributed by atoms with Gasteiger partial charge in [-0.25, -0.2) is 15.0 Å². The quantitative estimate of drug-likeness (QED) is 0.158. The van der Waals surface area contributed by atoms with Gasteiger partial charge in [0.05, 0.1) is 22.6 Å². The number of hydrogen-bond acceptors (Lipinski definition) is 4. The Morgan fingerprint density at radius 2 is 0.885 bits per heavy atom. The summed E-state index contributed by atoms with van der Waals surface area (Å²) < 4.78 is 6.69. The maximum Gasteiger partial charge on any atom is 0.160 e. The van der Waals surface area contributed by atoms with Crippen molar-refractivity contribution in [2.24, 2.45) is 0 Å². The van der Waals surface area contributed by atoms with Gasteiger partial charge in [-0.05, 0) is 92.9 Å². The zero-order chi connectivity index (χ0) is 41.2. The molecule has 3 aromatic heterocycles. The lowest BCUT2D eigenvalue weighted by atomic mass is 9.89. The molecule has 11 aromatic rings. The molecule has 0 bridgehead atoms. The molecule has 0 aliphatic carbocycles. The summed E-state index contributed by atoms with van der Waals surface area (Å²) in [7, 11) is 0. The number of fused-ring (bicyclic) bond motifs is 6. The van der Waals surface area contributed by atoms with Gasteiger partial charge in [-0.15, -0.1) is 0 Å². The highest BCUT2D eigenvalue weighted by molar-refractivity contribution is 6.27. The van der Waals surface area contributed by atoms with E-state index in [0.717, 1.165) is 94.1 Å². The number of hydrogen-bond donors (Lipinski definition) is 0. The van der Waals surface area contributed by atoms with Crippen molar-refractivity contribution in [3.63, 3.8) is 0 Å². The van der Waals surface area contributed by atoms with Crippen molar-refractivity contribution < 1.29 is 4.42 Å². The number of furan rings is 1. The van der Waals surface area contributed by atoms with Crippen LogP contribution in [0.2, 0.25) is 0 Å². The number of benzene rings is 8. The lowest BCUT2D eigenvalue weighted by Crippen LogP contribution is -1.97. The third-order valence-corrected chi connectivity index (χ3v) is 11.8. The van der Waals surface area contributed by atoms with Gasteiger partial charge in [-0.1, -0.05) is 150 Å². The predicted octanol–water partition coefficient (Wildman–Crippen LogP) is 15.3. The Labute approximate surface area is 354 Å². The molecule has 4 nitrogen and oxygen atoms in total. The van der Waals surface area contributed by atoms with Crippen LogP contribution in [0.5, 0.6) is 0 Å². The second-order valence-electron chi connectivity index (χ2n) is 16.4. The van der Waals surface area contributed by atoms with Gasteiger partial charge in [-0.3, -0.25) is 0 Å². The van der Waals surface area contributed by atoms with Gasteiger partial charge in [0.2, 0.25) is 0 Å². The van der Waals surface area contributed by atoms with E-state index in [9.17, 15) is 0 Å². The molecule has 290 valence electrons. The van der Waals surface area contributed by atoms with Gasteiger partial charge in [-0.2, -0.15) is 0 Å². The van der Waals surface area contributed by atoms with Gasteiger partial charge in [0, 0.05) is 54.7 Å². The van der Waals surface area contributed by atoms with Crippen LogP contribution in [0.4, 0.5) is 0 Å². The Morgan fingerprint density at radius 1 is 0.344 bits per heavy atom. The molecule has 8 aromatic carbocycles. The van der Waals surface area contributed by atoms with Crippen molar-refractivity contribution in [2.75, 3.05) is 0 Å². The van der Waals surface area contributed by atoms with E-state index in [2.05, 4.69) is 198 Å². The van der Waals surface area contributed by atoms with Crippen LogP contribution in [0.15, 0.2) is 180 Å². The summed E-state index contributed by atoms with van der Waals surface area (Å²) in [4.78, 5) is 15.8. The zero-order valence-corrected chi connectivity index (χ0v) is 34.5. The number of pyridine rings is 1. The Kier molecular flexibility index (Phi) is 8.68. The molecule has 61 heavy (non-hydrogen) atoms. The number of aryl methyl sites for hydroxylation is 4. The molecule has 4 heteroatoms. The average molecular weight is 784 g/mol. The van der Waals surface area contributed by atoms with Crippen LogP contribution in [0.3, 0.4) is 0 Å². The van der Waals surface area contributed by atoms with E-state index in [4.69, 9.17) is 19.4 Å². The smallest absolute Gasteiger partial charge is 0.160 e. The molecule has 0 fully saturated rings. The van der Waals surface area contributed by atoms with Crippen LogP contribution in [0.25, 0.3) is 111 Å². The molecule has 0 unspecified atom stereocenters. The Bertz CT molecular complexity index is 3380. The highest BCUT2D eigenvalue weighted by Crippen LogP contribution is 2.46. The molecule has 0 aliphatic rings. The molecule has 0 N–H and O–H groups in total. The molecule has 0 spiro atoms. The number of aromatic nitrogens is 3. The van der Waals surface area contributed by atoms with Crippen molar-refractivity contribution in [3.8, 4) is 67.4 Å². The largest absolute Gasteiger partial charge is 0.456 e. The summed E-state index contributed by atoms with van der Waals surface area (Å²) in [6, 6.07) is 62.5. The second kappa shape index (κ2) is 14.5. The van der Waals surface area contributed by atoms with E-state index in [0.29, 0.717) is 5.82 Å². The Balaban J connectivity index is 1.13. The lowest BCUT2D eigenvalue weighted by Gasteiger charge is -2.16. The van der Waals surface area contributed by atoms with Gasteiger partial charge < -0.3 is 4.42 Å². The first-order valence-electron chi connectivity index (χ1n) is 20.8. The van der Waals surface area contributed by atoms with E-state index in [1.165, 1.54) is 33.4 Å². The fourth-order valence-corrected chi connectivity index (χ4v) is 9.18. The first-order chi connectivity index (χ1) is 29.8. The van der Waals surface area contributed by atoms with Crippen molar-refractivity contribution >= 4 is 43.6 Å². The van der Waals surface area contributed by atoms with E-state index in [1.54, 1.807) is 0 Å². The van der Waals surface area contributed by atoms with Crippen molar-refractivity contribution in [1.82, 2.24) is 15.0 Å². The fourth-order valence-electron chi connectivity index (χ4n) is 9.18. The van der Waals surface area contributed by atoms with Crippen LogP contribution < -0.4 is 0 Å². The summed E-state index contributed by atoms with van der Waals surface area (Å²) in [5, 5.41) is 5.47. The van der Waals surface area contributed by atoms with Crippen LogP contribution in [0.1, 0.15) is 22.3 Å². The summed E-state index contributed by atoms with van der Waals surface area (Å²) >= 11 is 0. The van der Waals surface area contributed by atoms with Gasteiger partial charge in [0.1, 0.15) is 11.2 Å². The molecule has 11 rings (SSSR count). The van der Waals surface area contributed by atoms with E-state index >= 15 is 0 Å². The minimum absolute atomic E-state index is 0.714. The number of nitrogens with zero attached hydrogens (tertiary/aromatic N) is 3. The minimum Gasteiger partial charge on any atom is -0.456 e. The molecule has 0 saturated heterocycles. The summed E-state index contributed by atoms with van der Waals surface area (Å²) in [5.74, 6) is 0.714. The monoisotopic (exact) mass is 783 g/mol. The molecule has 0 saturated carbocycles. The van der Waals surface area contributed by atoms with Crippen molar-refractivity contribution in [3.05, 3.63) is 198 Å². The third kappa shape index (κ3) is 6.54. The molecule has 0 amide bonds. The van der Waals surface area contributed by atoms with Crippen molar-refractivity contribution in [1.29, 1.82) is 0 Å². The van der Waals surface area contributed by atoms with E-state index in [-0.39, 0.29) is 0 Å². The van der Waals surface area contributed by atoms with Crippen LogP contribution in [-0.4, -0.2) is 15.0 Å². The maximum atomic E-state index is 6.69. The van der Waals surface area contributed by atoms with Crippen LogP contribution >= 0.6 is 0 Å². The minimum atomic E-state index is 0.714. The second-order valence-corrected chi connectivity index (χ2v) is 16.4. The Morgan fingerprint density at radius 3 is 1.59 bits per heavy atom. The fraction of sp³-hybridized carbons (Fsp3) is 0.0702. The van der Waals surface area contributed by atoms with Gasteiger partial charge >= 0.3 is 0 Å². The summed E-state index contributed by atoms with van der Waals surface area (Å²) in [5.41, 5.74) is 18.8. The number of para-hydroxylation sites is 2. The average Bonchev–Trinajstić information content (AvgIpc) is 3.66. The van der Waals surface area contributed by atoms with Gasteiger partial charge in [0.25, 0.3) is 0 Å². The first kappa shape index (κ1) is 36.4. The SMILES string of the molecule is Cc1cc(C)cc(-c2cc(-c3ccc(-c4c5c(cc6c(-c7ccc(-c8ccccc8)cc7)nc7ccccc7c46)oc4ccccc45)cc3)nc(-c3cc(C)cc(C)c3)n2)c1. The number of rotatable bonds is 6. The molecular weight excluding hydrogens is 743 g/mol. The first-order valence-corrected chi connectivity index (χ1v) is 20.8. The van der Waals surface area contributed by atoms with Crippen LogP contribution in [-0.2, 0) is 0 Å². The molecule has 0 radical (unpaired) electrons. The molecular formula is C57H41N3O. The molecule has 0 aliphatic heterocycles. The maximum absolute atomic E-state index is 6.69. The predicted molar refractivity (Wildman–Crippen MR) is 254 cm³/mol. The highest BCUT2D eigenvalue weighted by Gasteiger charge is 2.22. The highest BCUT2D eigenvalue weighted by atomic mass is 16.3. The van der Waals surface area contributed by atoms with Crippen LogP contribution in [0, 0.1) is 27.7 Å². The standard InChI is InChI=1S/C57H41N3O/c1-34-26-35(2)29-43(28-34)50-33-49(59-57(60-50)44-30-36(3)27-37(4)31-44)40-20-22-41(23-21-40)53-54-45-14-8-10-16-48(45)58-56(42-24-18-39(19-25-42)38-12-6-5-7-13-38)47(54)32-52-55(53)46-15-9-11-17-51(46)61-52/h5-33H,1-4H3. The van der Waals surface area contributed by atoms with E-state index in [1.807, 2.05) is 6.07 Å². The topological polar surface area (TPSA) is 51.8 Å². The van der Waals surface area contributed by atoms with Crippen molar-refractivity contribution in [2.45, 2.75) is 27.7 Å². The zero-order valence-electron chi connectivity index (χ0n) is 34.5. The third-order valence-electron chi connectivity index (χ3n) is 11.8. The lowest BCUT2D eigenvalue weighted by molar-refractivity contribution is 0.669. The summed E-state index contributed by atoms with van der Waals surface area (Å²) in [6.45, 7) is 8.53.